The number of nitrogens with one attached hydrogen (secondary N) is 2. The van der Waals surface area contributed by atoms with Crippen molar-refractivity contribution in [2.75, 3.05) is 6.54 Å². The molecule has 1 amide bonds. The number of aromatic nitrogens is 1. The highest BCUT2D eigenvalue weighted by Gasteiger charge is 2.17. The van der Waals surface area contributed by atoms with Gasteiger partial charge >= 0.3 is 0 Å². The van der Waals surface area contributed by atoms with Gasteiger partial charge in [0.2, 0.25) is 0 Å². The van der Waals surface area contributed by atoms with E-state index in [0.717, 1.165) is 6.42 Å². The van der Waals surface area contributed by atoms with Crippen LogP contribution in [0.3, 0.4) is 0 Å². The van der Waals surface area contributed by atoms with Crippen molar-refractivity contribution < 1.29 is 4.79 Å². The number of nitrogens with two attached hydrogens (primary N) is 1. The molecule has 0 saturated heterocycles. The summed E-state index contributed by atoms with van der Waals surface area (Å²) in [6.45, 7) is 6.65. The first-order valence-electron chi connectivity index (χ1n) is 6.00. The third-order valence-electron chi connectivity index (χ3n) is 2.47. The minimum Gasteiger partial charge on any atom is -0.367 e. The molecule has 1 heterocycles. The normalized spacial score (nSPS) is 13.1. The summed E-state index contributed by atoms with van der Waals surface area (Å²) >= 11 is 0. The molecule has 0 saturated carbocycles. The lowest BCUT2D eigenvalue weighted by Gasteiger charge is -2.23. The van der Waals surface area contributed by atoms with E-state index in [9.17, 15) is 9.59 Å². The quantitative estimate of drug-likeness (QED) is 0.742. The van der Waals surface area contributed by atoms with E-state index in [1.54, 1.807) is 0 Å². The van der Waals surface area contributed by atoms with Gasteiger partial charge in [-0.25, -0.2) is 0 Å². The Kier molecular flexibility index (Phi) is 4.67. The van der Waals surface area contributed by atoms with Crippen molar-refractivity contribution in [3.8, 4) is 0 Å². The van der Waals surface area contributed by atoms with E-state index in [1.165, 1.54) is 18.5 Å². The molecule has 5 heteroatoms. The Morgan fingerprint density at radius 1 is 1.50 bits per heavy atom. The molecule has 18 heavy (non-hydrogen) atoms. The van der Waals surface area contributed by atoms with Crippen LogP contribution in [0.15, 0.2) is 23.3 Å². The Balaban J connectivity index is 2.52. The Morgan fingerprint density at radius 3 is 2.72 bits per heavy atom. The third-order valence-corrected chi connectivity index (χ3v) is 2.47. The Morgan fingerprint density at radius 2 is 2.17 bits per heavy atom. The molecule has 0 radical (unpaired) electrons. The van der Waals surface area contributed by atoms with Crippen LogP contribution in [0.5, 0.6) is 0 Å². The van der Waals surface area contributed by atoms with E-state index < -0.39 is 0 Å². The Bertz CT molecular complexity index is 460. The highest BCUT2D eigenvalue weighted by atomic mass is 16.2. The number of pyridine rings is 1. The minimum atomic E-state index is -0.388. The highest BCUT2D eigenvalue weighted by molar-refractivity contribution is 5.93. The zero-order valence-corrected chi connectivity index (χ0v) is 11.1. The number of H-pyrrole nitrogens is 1. The van der Waals surface area contributed by atoms with E-state index in [2.05, 4.69) is 31.1 Å². The van der Waals surface area contributed by atoms with Crippen molar-refractivity contribution in [2.45, 2.75) is 33.2 Å². The number of aromatic amines is 1. The number of carbonyl (C=O) groups is 1. The summed E-state index contributed by atoms with van der Waals surface area (Å²) in [7, 11) is 0. The molecule has 5 nitrogen and oxygen atoms in total. The monoisotopic (exact) mass is 251 g/mol. The molecule has 0 aliphatic heterocycles. The number of carbonyl (C=O) groups excluding carboxylic acids is 1. The summed E-state index contributed by atoms with van der Waals surface area (Å²) in [6.07, 6.45) is 3.69. The molecule has 0 aromatic carbocycles. The van der Waals surface area contributed by atoms with Crippen molar-refractivity contribution in [1.82, 2.24) is 10.3 Å². The van der Waals surface area contributed by atoms with Gasteiger partial charge in [0.1, 0.15) is 5.56 Å². The second kappa shape index (κ2) is 5.82. The second-order valence-corrected chi connectivity index (χ2v) is 5.66. The molecule has 0 aliphatic carbocycles. The summed E-state index contributed by atoms with van der Waals surface area (Å²) in [6, 6.07) is 1.21. The van der Waals surface area contributed by atoms with Gasteiger partial charge in [-0.3, -0.25) is 9.59 Å². The molecule has 1 rings (SSSR count). The molecule has 0 bridgehead atoms. The van der Waals surface area contributed by atoms with Crippen LogP contribution in [0, 0.1) is 5.41 Å². The predicted molar refractivity (Wildman–Crippen MR) is 71.4 cm³/mol. The molecule has 4 N–H and O–H groups in total. The first-order chi connectivity index (χ1) is 8.29. The lowest BCUT2D eigenvalue weighted by atomic mass is 9.88. The molecule has 1 atom stereocenters. The standard InChI is InChI=1S/C13H21N3O2/c1-13(2,3)6-9(14)7-16-12(18)10-8-15-5-4-11(10)17/h4-5,8-9H,6-7,14H2,1-3H3,(H,15,17)(H,16,18). The average molecular weight is 251 g/mol. The maximum atomic E-state index is 11.7. The van der Waals surface area contributed by atoms with E-state index in [4.69, 9.17) is 5.73 Å². The number of hydrogen-bond donors (Lipinski definition) is 3. The van der Waals surface area contributed by atoms with Gasteiger partial charge in [-0.15, -0.1) is 0 Å². The number of amides is 1. The smallest absolute Gasteiger partial charge is 0.256 e. The fraction of sp³-hybridized carbons (Fsp3) is 0.538. The lowest BCUT2D eigenvalue weighted by Crippen LogP contribution is -2.40. The first kappa shape index (κ1) is 14.4. The lowest BCUT2D eigenvalue weighted by molar-refractivity contribution is 0.0947. The van der Waals surface area contributed by atoms with Gasteiger partial charge in [-0.2, -0.15) is 0 Å². The van der Waals surface area contributed by atoms with Crippen molar-refractivity contribution in [2.24, 2.45) is 11.1 Å². The van der Waals surface area contributed by atoms with Crippen LogP contribution in [0.25, 0.3) is 0 Å². The van der Waals surface area contributed by atoms with Gasteiger partial charge < -0.3 is 16.0 Å². The average Bonchev–Trinajstić information content (AvgIpc) is 2.24. The molecule has 1 aromatic heterocycles. The molecule has 0 spiro atoms. The fourth-order valence-corrected chi connectivity index (χ4v) is 1.77. The Hall–Kier alpha value is -1.62. The highest BCUT2D eigenvalue weighted by Crippen LogP contribution is 2.19. The van der Waals surface area contributed by atoms with Crippen LogP contribution < -0.4 is 16.5 Å². The summed E-state index contributed by atoms with van der Waals surface area (Å²) in [5.41, 5.74) is 5.86. The van der Waals surface area contributed by atoms with E-state index in [-0.39, 0.29) is 28.4 Å². The Labute approximate surface area is 107 Å². The van der Waals surface area contributed by atoms with Crippen LogP contribution in [-0.2, 0) is 0 Å². The summed E-state index contributed by atoms with van der Waals surface area (Å²) in [5, 5.41) is 2.68. The van der Waals surface area contributed by atoms with Crippen LogP contribution in [0.2, 0.25) is 0 Å². The van der Waals surface area contributed by atoms with Crippen LogP contribution >= 0.6 is 0 Å². The molecule has 1 aromatic rings. The van der Waals surface area contributed by atoms with Crippen molar-refractivity contribution in [3.05, 3.63) is 34.2 Å². The van der Waals surface area contributed by atoms with Gasteiger partial charge in [0.05, 0.1) is 0 Å². The number of hydrogen-bond acceptors (Lipinski definition) is 3. The molecule has 1 unspecified atom stereocenters. The van der Waals surface area contributed by atoms with Crippen LogP contribution in [-0.4, -0.2) is 23.5 Å². The predicted octanol–water partition coefficient (Wildman–Crippen LogP) is 0.868. The maximum absolute atomic E-state index is 11.7. The second-order valence-electron chi connectivity index (χ2n) is 5.66. The number of rotatable bonds is 4. The topological polar surface area (TPSA) is 88.0 Å². The maximum Gasteiger partial charge on any atom is 0.256 e. The zero-order chi connectivity index (χ0) is 13.8. The van der Waals surface area contributed by atoms with E-state index in [1.807, 2.05) is 0 Å². The molecule has 0 fully saturated rings. The van der Waals surface area contributed by atoms with Crippen molar-refractivity contribution >= 4 is 5.91 Å². The largest absolute Gasteiger partial charge is 0.367 e. The van der Waals surface area contributed by atoms with Gasteiger partial charge in [-0.05, 0) is 11.8 Å². The molecule has 0 aliphatic rings. The summed E-state index contributed by atoms with van der Waals surface area (Å²) < 4.78 is 0. The fourth-order valence-electron chi connectivity index (χ4n) is 1.77. The van der Waals surface area contributed by atoms with Gasteiger partial charge in [-0.1, -0.05) is 20.8 Å². The van der Waals surface area contributed by atoms with Crippen molar-refractivity contribution in [1.29, 1.82) is 0 Å². The summed E-state index contributed by atoms with van der Waals surface area (Å²) in [4.78, 5) is 25.9. The zero-order valence-electron chi connectivity index (χ0n) is 11.1. The molecular formula is C13H21N3O2. The van der Waals surface area contributed by atoms with E-state index >= 15 is 0 Å². The van der Waals surface area contributed by atoms with Crippen LogP contribution in [0.1, 0.15) is 37.6 Å². The van der Waals surface area contributed by atoms with Crippen LogP contribution in [0.4, 0.5) is 0 Å². The first-order valence-corrected chi connectivity index (χ1v) is 6.00. The SMILES string of the molecule is CC(C)(C)CC(N)CNC(=O)c1c[nH]ccc1=O. The third kappa shape index (κ3) is 4.71. The molecule has 100 valence electrons. The van der Waals surface area contributed by atoms with Gasteiger partial charge in [0.25, 0.3) is 5.91 Å². The molecular weight excluding hydrogens is 230 g/mol. The van der Waals surface area contributed by atoms with E-state index in [0.29, 0.717) is 6.54 Å². The van der Waals surface area contributed by atoms with Gasteiger partial charge in [0, 0.05) is 31.0 Å². The minimum absolute atomic E-state index is 0.112. The van der Waals surface area contributed by atoms with Crippen molar-refractivity contribution in [3.63, 3.8) is 0 Å². The summed E-state index contributed by atoms with van der Waals surface area (Å²) in [5.74, 6) is -0.388. The van der Waals surface area contributed by atoms with Gasteiger partial charge in [0.15, 0.2) is 5.43 Å².